The number of likely N-dealkylation sites (tertiary alicyclic amines) is 1. The number of likely N-dealkylation sites (N-methyl/N-ethyl adjacent to an activating group) is 1. The van der Waals surface area contributed by atoms with Gasteiger partial charge in [0.25, 0.3) is 0 Å². The van der Waals surface area contributed by atoms with Crippen molar-refractivity contribution in [2.45, 2.75) is 31.8 Å². The normalized spacial score (nSPS) is 21.3. The second-order valence-electron chi connectivity index (χ2n) is 5.18. The topological polar surface area (TPSA) is 58.4 Å². The molecule has 1 fully saturated rings. The third kappa shape index (κ3) is 2.96. The Morgan fingerprint density at radius 2 is 2.37 bits per heavy atom. The van der Waals surface area contributed by atoms with E-state index in [1.54, 1.807) is 7.05 Å². The van der Waals surface area contributed by atoms with E-state index in [-0.39, 0.29) is 18.0 Å². The van der Waals surface area contributed by atoms with Gasteiger partial charge in [0.15, 0.2) is 0 Å². The smallest absolute Gasteiger partial charge is 0.237 e. The van der Waals surface area contributed by atoms with E-state index in [4.69, 9.17) is 5.73 Å². The molecule has 0 saturated carbocycles. The van der Waals surface area contributed by atoms with Crippen molar-refractivity contribution in [3.63, 3.8) is 0 Å². The minimum Gasteiger partial charge on any atom is -0.358 e. The fraction of sp³-hybridized carbons (Fsp3) is 0.533. The minimum absolute atomic E-state index is 0.0425. The molecule has 19 heavy (non-hydrogen) atoms. The summed E-state index contributed by atoms with van der Waals surface area (Å²) in [6.45, 7) is 3.56. The number of carbonyl (C=O) groups is 1. The van der Waals surface area contributed by atoms with Crippen LogP contribution in [-0.4, -0.2) is 37.0 Å². The van der Waals surface area contributed by atoms with Crippen molar-refractivity contribution in [1.29, 1.82) is 0 Å². The zero-order valence-corrected chi connectivity index (χ0v) is 11.7. The summed E-state index contributed by atoms with van der Waals surface area (Å²) in [6.07, 6.45) is 1.97. The van der Waals surface area contributed by atoms with Gasteiger partial charge in [-0.1, -0.05) is 29.8 Å². The third-order valence-electron chi connectivity index (χ3n) is 3.89. The Hall–Kier alpha value is -1.39. The Balaban J connectivity index is 2.23. The van der Waals surface area contributed by atoms with E-state index in [0.717, 1.165) is 19.4 Å². The number of rotatable bonds is 4. The van der Waals surface area contributed by atoms with Crippen LogP contribution in [0.1, 0.15) is 30.0 Å². The van der Waals surface area contributed by atoms with Crippen LogP contribution in [0, 0.1) is 6.92 Å². The molecule has 1 amide bonds. The molecule has 1 aliphatic heterocycles. The summed E-state index contributed by atoms with van der Waals surface area (Å²) in [5.41, 5.74) is 8.40. The summed E-state index contributed by atoms with van der Waals surface area (Å²) >= 11 is 0. The van der Waals surface area contributed by atoms with Crippen LogP contribution in [0.15, 0.2) is 24.3 Å². The fourth-order valence-corrected chi connectivity index (χ4v) is 2.95. The first kappa shape index (κ1) is 14.0. The summed E-state index contributed by atoms with van der Waals surface area (Å²) in [7, 11) is 1.70. The van der Waals surface area contributed by atoms with Gasteiger partial charge >= 0.3 is 0 Å². The van der Waals surface area contributed by atoms with Gasteiger partial charge in [0.1, 0.15) is 0 Å². The maximum atomic E-state index is 11.9. The molecule has 1 aliphatic rings. The second-order valence-corrected chi connectivity index (χ2v) is 5.18. The van der Waals surface area contributed by atoms with Crippen LogP contribution in [0.2, 0.25) is 0 Å². The van der Waals surface area contributed by atoms with E-state index in [0.29, 0.717) is 6.54 Å². The molecule has 1 aromatic rings. The maximum absolute atomic E-state index is 11.9. The first-order valence-corrected chi connectivity index (χ1v) is 6.91. The number of benzene rings is 1. The predicted octanol–water partition coefficient (Wildman–Crippen LogP) is 1.21. The zero-order chi connectivity index (χ0) is 13.8. The fourth-order valence-electron chi connectivity index (χ4n) is 2.95. The van der Waals surface area contributed by atoms with Crippen LogP contribution < -0.4 is 11.1 Å². The average Bonchev–Trinajstić information content (AvgIpc) is 2.88. The van der Waals surface area contributed by atoms with Crippen LogP contribution in [-0.2, 0) is 4.79 Å². The van der Waals surface area contributed by atoms with Crippen LogP contribution in [0.25, 0.3) is 0 Å². The lowest BCUT2D eigenvalue weighted by Crippen LogP contribution is -2.45. The molecule has 0 aromatic heterocycles. The SMILES string of the molecule is CNC(=O)C1CCCN1C(CN)c1cccc(C)c1. The van der Waals surface area contributed by atoms with Crippen LogP contribution in [0.5, 0.6) is 0 Å². The molecule has 2 unspecified atom stereocenters. The molecule has 1 heterocycles. The number of nitrogens with one attached hydrogen (secondary N) is 1. The van der Waals surface area contributed by atoms with Crippen molar-refractivity contribution in [3.8, 4) is 0 Å². The standard InChI is InChI=1S/C15H23N3O/c1-11-5-3-6-12(9-11)14(10-16)18-8-4-7-13(18)15(19)17-2/h3,5-6,9,13-14H,4,7-8,10,16H2,1-2H3,(H,17,19). The molecule has 0 bridgehead atoms. The van der Waals surface area contributed by atoms with E-state index in [2.05, 4.69) is 41.4 Å². The van der Waals surface area contributed by atoms with Gasteiger partial charge in [-0.3, -0.25) is 9.69 Å². The molecule has 3 N–H and O–H groups in total. The number of amides is 1. The van der Waals surface area contributed by atoms with Gasteiger partial charge in [0.05, 0.1) is 6.04 Å². The number of nitrogens with two attached hydrogens (primary N) is 1. The largest absolute Gasteiger partial charge is 0.358 e. The summed E-state index contributed by atoms with van der Waals surface area (Å²) in [4.78, 5) is 14.2. The van der Waals surface area contributed by atoms with Crippen LogP contribution in [0.3, 0.4) is 0 Å². The Labute approximate surface area is 115 Å². The Bertz CT molecular complexity index is 447. The van der Waals surface area contributed by atoms with Gasteiger partial charge in [0, 0.05) is 19.6 Å². The Kier molecular flexibility index (Phi) is 4.56. The minimum atomic E-state index is -0.0425. The number of carbonyl (C=O) groups excluding carboxylic acids is 1. The van der Waals surface area contributed by atoms with E-state index >= 15 is 0 Å². The molecule has 104 valence electrons. The zero-order valence-electron chi connectivity index (χ0n) is 11.7. The summed E-state index contributed by atoms with van der Waals surface area (Å²) in [6, 6.07) is 8.49. The number of aryl methyl sites for hydroxylation is 1. The van der Waals surface area contributed by atoms with Gasteiger partial charge in [-0.25, -0.2) is 0 Å². The molecule has 0 aliphatic carbocycles. The van der Waals surface area contributed by atoms with Crippen molar-refractivity contribution in [2.24, 2.45) is 5.73 Å². The lowest BCUT2D eigenvalue weighted by molar-refractivity contribution is -0.125. The summed E-state index contributed by atoms with van der Waals surface area (Å²) < 4.78 is 0. The third-order valence-corrected chi connectivity index (χ3v) is 3.89. The highest BCUT2D eigenvalue weighted by Gasteiger charge is 2.34. The van der Waals surface area contributed by atoms with Crippen LogP contribution in [0.4, 0.5) is 0 Å². The molecular formula is C15H23N3O. The van der Waals surface area contributed by atoms with Crippen molar-refractivity contribution < 1.29 is 4.79 Å². The first-order valence-electron chi connectivity index (χ1n) is 6.91. The van der Waals surface area contributed by atoms with E-state index in [1.807, 2.05) is 0 Å². The number of nitrogens with zero attached hydrogens (tertiary/aromatic N) is 1. The van der Waals surface area contributed by atoms with Crippen molar-refractivity contribution in [1.82, 2.24) is 10.2 Å². The molecular weight excluding hydrogens is 238 g/mol. The number of hydrogen-bond donors (Lipinski definition) is 2. The lowest BCUT2D eigenvalue weighted by atomic mass is 10.0. The van der Waals surface area contributed by atoms with Crippen molar-refractivity contribution >= 4 is 5.91 Å². The molecule has 2 rings (SSSR count). The van der Waals surface area contributed by atoms with Gasteiger partial charge in [-0.2, -0.15) is 0 Å². The lowest BCUT2D eigenvalue weighted by Gasteiger charge is -2.31. The van der Waals surface area contributed by atoms with Gasteiger partial charge in [-0.05, 0) is 31.9 Å². The molecule has 4 heteroatoms. The Morgan fingerprint density at radius 3 is 3.00 bits per heavy atom. The van der Waals surface area contributed by atoms with Crippen molar-refractivity contribution in [3.05, 3.63) is 35.4 Å². The number of hydrogen-bond acceptors (Lipinski definition) is 3. The van der Waals surface area contributed by atoms with Gasteiger partial charge in [0.2, 0.25) is 5.91 Å². The van der Waals surface area contributed by atoms with Gasteiger partial charge < -0.3 is 11.1 Å². The highest BCUT2D eigenvalue weighted by molar-refractivity contribution is 5.81. The van der Waals surface area contributed by atoms with Gasteiger partial charge in [-0.15, -0.1) is 0 Å². The van der Waals surface area contributed by atoms with E-state index < -0.39 is 0 Å². The van der Waals surface area contributed by atoms with E-state index in [9.17, 15) is 4.79 Å². The predicted molar refractivity (Wildman–Crippen MR) is 76.8 cm³/mol. The molecule has 1 aromatic carbocycles. The molecule has 0 radical (unpaired) electrons. The second kappa shape index (κ2) is 6.17. The molecule has 1 saturated heterocycles. The highest BCUT2D eigenvalue weighted by Crippen LogP contribution is 2.29. The maximum Gasteiger partial charge on any atom is 0.237 e. The van der Waals surface area contributed by atoms with Crippen LogP contribution >= 0.6 is 0 Å². The first-order chi connectivity index (χ1) is 9.17. The molecule has 2 atom stereocenters. The average molecular weight is 261 g/mol. The molecule has 4 nitrogen and oxygen atoms in total. The highest BCUT2D eigenvalue weighted by atomic mass is 16.2. The summed E-state index contributed by atoms with van der Waals surface area (Å²) in [5.74, 6) is 0.101. The monoisotopic (exact) mass is 261 g/mol. The quantitative estimate of drug-likeness (QED) is 0.856. The van der Waals surface area contributed by atoms with E-state index in [1.165, 1.54) is 11.1 Å². The molecule has 0 spiro atoms. The summed E-state index contributed by atoms with van der Waals surface area (Å²) in [5, 5.41) is 2.76. The Morgan fingerprint density at radius 1 is 1.58 bits per heavy atom. The van der Waals surface area contributed by atoms with Crippen molar-refractivity contribution in [2.75, 3.05) is 20.1 Å².